The van der Waals surface area contributed by atoms with Crippen molar-refractivity contribution in [1.82, 2.24) is 0 Å². The van der Waals surface area contributed by atoms with Gasteiger partial charge in [-0.2, -0.15) is 0 Å². The van der Waals surface area contributed by atoms with E-state index in [-0.39, 0.29) is 46.5 Å². The molecular weight excluding hydrogens is 500 g/mol. The molecule has 202 valence electrons. The summed E-state index contributed by atoms with van der Waals surface area (Å²) in [5.74, 6) is -3.53. The molecule has 38 heavy (non-hydrogen) atoms. The van der Waals surface area contributed by atoms with E-state index in [1.54, 1.807) is 0 Å². The number of esters is 4. The predicted octanol–water partition coefficient (Wildman–Crippen LogP) is 2.97. The van der Waals surface area contributed by atoms with Crippen LogP contribution < -0.4 is 10.6 Å². The van der Waals surface area contributed by atoms with Gasteiger partial charge in [0.05, 0.1) is 50.7 Å². The highest BCUT2D eigenvalue weighted by atomic mass is 16.5. The Balaban J connectivity index is 1.94. The average molecular weight is 529 g/mol. The molecule has 0 bridgehead atoms. The molecule has 12 nitrogen and oxygen atoms in total. The maximum Gasteiger partial charge on any atom is 0.337 e. The van der Waals surface area contributed by atoms with E-state index in [0.29, 0.717) is 12.8 Å². The molecule has 0 fully saturated rings. The molecule has 0 heterocycles. The minimum absolute atomic E-state index is 0.0631. The van der Waals surface area contributed by atoms with Gasteiger partial charge in [-0.05, 0) is 49.2 Å². The highest BCUT2D eigenvalue weighted by molar-refractivity contribution is 6.00. The van der Waals surface area contributed by atoms with Crippen LogP contribution in [0, 0.1) is 0 Å². The largest absolute Gasteiger partial charge is 0.465 e. The number of methoxy groups -OCH3 is 4. The summed E-state index contributed by atoms with van der Waals surface area (Å²) < 4.78 is 18.7. The Hall–Kier alpha value is -4.74. The minimum Gasteiger partial charge on any atom is -0.465 e. The van der Waals surface area contributed by atoms with Crippen LogP contribution >= 0.6 is 0 Å². The quantitative estimate of drug-likeness (QED) is 0.252. The molecule has 0 saturated heterocycles. The lowest BCUT2D eigenvalue weighted by atomic mass is 10.1. The van der Waals surface area contributed by atoms with Crippen LogP contribution in [0.15, 0.2) is 36.4 Å². The zero-order valence-electron chi connectivity index (χ0n) is 21.4. The number of unbranched alkanes of at least 4 members (excludes halogenated alkanes) is 1. The molecule has 2 rings (SSSR count). The summed E-state index contributed by atoms with van der Waals surface area (Å²) in [6, 6.07) is 8.06. The first-order chi connectivity index (χ1) is 18.1. The Morgan fingerprint density at radius 3 is 1.00 bits per heavy atom. The first-order valence-electron chi connectivity index (χ1n) is 11.3. The van der Waals surface area contributed by atoms with Crippen LogP contribution in [0.3, 0.4) is 0 Å². The molecular formula is C26H28N2O10. The van der Waals surface area contributed by atoms with Gasteiger partial charge in [0, 0.05) is 24.2 Å². The summed E-state index contributed by atoms with van der Waals surface area (Å²) in [4.78, 5) is 72.3. The van der Waals surface area contributed by atoms with Crippen molar-refractivity contribution in [1.29, 1.82) is 0 Å². The average Bonchev–Trinajstić information content (AvgIpc) is 2.92. The van der Waals surface area contributed by atoms with E-state index in [0.717, 1.165) is 0 Å². The molecule has 0 aliphatic rings. The first-order valence-corrected chi connectivity index (χ1v) is 11.3. The van der Waals surface area contributed by atoms with Crippen LogP contribution in [-0.4, -0.2) is 64.1 Å². The van der Waals surface area contributed by atoms with Crippen LogP contribution in [0.25, 0.3) is 0 Å². The fraction of sp³-hybridized carbons (Fsp3) is 0.308. The highest BCUT2D eigenvalue weighted by Gasteiger charge is 2.16. The second kappa shape index (κ2) is 14.1. The van der Waals surface area contributed by atoms with E-state index in [1.807, 2.05) is 0 Å². The van der Waals surface area contributed by atoms with Gasteiger partial charge in [-0.3, -0.25) is 9.59 Å². The molecule has 0 aromatic heterocycles. The fourth-order valence-electron chi connectivity index (χ4n) is 3.36. The van der Waals surface area contributed by atoms with E-state index in [4.69, 9.17) is 0 Å². The van der Waals surface area contributed by atoms with Crippen molar-refractivity contribution in [2.24, 2.45) is 0 Å². The first kappa shape index (κ1) is 29.5. The molecule has 0 unspecified atom stereocenters. The zero-order valence-corrected chi connectivity index (χ0v) is 21.4. The number of amides is 2. The molecule has 0 aliphatic heterocycles. The Labute approximate surface area is 218 Å². The van der Waals surface area contributed by atoms with Crippen molar-refractivity contribution in [3.05, 3.63) is 58.7 Å². The number of benzene rings is 2. The lowest BCUT2D eigenvalue weighted by molar-refractivity contribution is -0.118. The normalized spacial score (nSPS) is 10.1. The number of ether oxygens (including phenoxy) is 4. The Bertz CT molecular complexity index is 1070. The number of rotatable bonds is 11. The number of carbonyl (C=O) groups excluding carboxylic acids is 6. The third-order valence-electron chi connectivity index (χ3n) is 5.18. The zero-order chi connectivity index (χ0) is 28.2. The number of hydrogen-bond donors (Lipinski definition) is 2. The van der Waals surface area contributed by atoms with Gasteiger partial charge in [0.1, 0.15) is 0 Å². The fourth-order valence-corrected chi connectivity index (χ4v) is 3.36. The van der Waals surface area contributed by atoms with Crippen molar-refractivity contribution in [2.45, 2.75) is 25.7 Å². The van der Waals surface area contributed by atoms with Crippen molar-refractivity contribution < 1.29 is 47.7 Å². The molecule has 0 radical (unpaired) electrons. The molecule has 0 aliphatic carbocycles. The van der Waals surface area contributed by atoms with Gasteiger partial charge in [-0.25, -0.2) is 19.2 Å². The molecule has 0 spiro atoms. The molecule has 2 amide bonds. The Morgan fingerprint density at radius 1 is 0.500 bits per heavy atom. The third kappa shape index (κ3) is 8.43. The Kier molecular flexibility index (Phi) is 11.0. The molecule has 2 aromatic carbocycles. The van der Waals surface area contributed by atoms with Crippen LogP contribution in [0.5, 0.6) is 0 Å². The Morgan fingerprint density at radius 2 is 0.763 bits per heavy atom. The van der Waals surface area contributed by atoms with Crippen LogP contribution in [0.2, 0.25) is 0 Å². The monoisotopic (exact) mass is 528 g/mol. The van der Waals surface area contributed by atoms with Gasteiger partial charge in [0.2, 0.25) is 11.8 Å². The number of hydrogen-bond acceptors (Lipinski definition) is 10. The smallest absolute Gasteiger partial charge is 0.337 e. The topological polar surface area (TPSA) is 163 Å². The number of anilines is 2. The molecule has 12 heteroatoms. The standard InChI is InChI=1S/C26H28N2O10/c1-35-23(31)15-9-16(24(32)36-2)12-19(11-15)27-21(29)7-5-6-8-22(30)28-20-13-17(25(33)37-3)10-18(14-20)26(34)38-4/h9-14H,5-8H2,1-4H3,(H,27,29)(H,28,30). The highest BCUT2D eigenvalue weighted by Crippen LogP contribution is 2.19. The lowest BCUT2D eigenvalue weighted by Gasteiger charge is -2.10. The lowest BCUT2D eigenvalue weighted by Crippen LogP contribution is -2.15. The minimum atomic E-state index is -0.687. The summed E-state index contributed by atoms with van der Waals surface area (Å²) in [6.45, 7) is 0. The van der Waals surface area contributed by atoms with E-state index in [9.17, 15) is 28.8 Å². The van der Waals surface area contributed by atoms with Crippen molar-refractivity contribution in [3.63, 3.8) is 0 Å². The van der Waals surface area contributed by atoms with Gasteiger partial charge in [0.25, 0.3) is 0 Å². The maximum atomic E-state index is 12.4. The van der Waals surface area contributed by atoms with Gasteiger partial charge < -0.3 is 29.6 Å². The third-order valence-corrected chi connectivity index (χ3v) is 5.18. The molecule has 2 N–H and O–H groups in total. The van der Waals surface area contributed by atoms with Crippen LogP contribution in [0.1, 0.15) is 67.1 Å². The predicted molar refractivity (Wildman–Crippen MR) is 134 cm³/mol. The molecule has 2 aromatic rings. The van der Waals surface area contributed by atoms with Gasteiger partial charge in [-0.1, -0.05) is 0 Å². The van der Waals surface area contributed by atoms with Crippen molar-refractivity contribution >= 4 is 47.1 Å². The summed E-state index contributed by atoms with van der Waals surface area (Å²) in [6.07, 6.45) is 0.839. The summed E-state index contributed by atoms with van der Waals surface area (Å²) >= 11 is 0. The van der Waals surface area contributed by atoms with E-state index in [2.05, 4.69) is 29.6 Å². The summed E-state index contributed by atoms with van der Waals surface area (Å²) in [7, 11) is 4.76. The van der Waals surface area contributed by atoms with Gasteiger partial charge in [-0.15, -0.1) is 0 Å². The van der Waals surface area contributed by atoms with Gasteiger partial charge in [0.15, 0.2) is 0 Å². The molecule has 0 saturated carbocycles. The molecule has 0 atom stereocenters. The maximum absolute atomic E-state index is 12.4. The van der Waals surface area contributed by atoms with E-state index >= 15 is 0 Å². The van der Waals surface area contributed by atoms with Crippen LogP contribution in [-0.2, 0) is 28.5 Å². The van der Waals surface area contributed by atoms with Crippen LogP contribution in [0.4, 0.5) is 11.4 Å². The number of carbonyl (C=O) groups is 6. The van der Waals surface area contributed by atoms with E-state index in [1.165, 1.54) is 64.8 Å². The summed E-state index contributed by atoms with van der Waals surface area (Å²) in [5, 5.41) is 5.22. The van der Waals surface area contributed by atoms with Crippen molar-refractivity contribution in [3.8, 4) is 0 Å². The van der Waals surface area contributed by atoms with Gasteiger partial charge >= 0.3 is 23.9 Å². The number of nitrogens with one attached hydrogen (secondary N) is 2. The summed E-state index contributed by atoms with van der Waals surface area (Å²) in [5.41, 5.74) is 0.678. The SMILES string of the molecule is COC(=O)c1cc(NC(=O)CCCCC(=O)Nc2cc(C(=O)OC)cc(C(=O)OC)c2)cc(C(=O)OC)c1. The second-order valence-corrected chi connectivity index (χ2v) is 7.87. The van der Waals surface area contributed by atoms with E-state index < -0.39 is 35.7 Å². The second-order valence-electron chi connectivity index (χ2n) is 7.87. The van der Waals surface area contributed by atoms with Crippen molar-refractivity contribution in [2.75, 3.05) is 39.1 Å².